The molecule has 3 rings (SSSR count). The minimum atomic E-state index is -0.449. The molecule has 2 aromatic carbocycles. The zero-order chi connectivity index (χ0) is 20.1. The molecule has 0 aromatic heterocycles. The van der Waals surface area contributed by atoms with Crippen LogP contribution < -0.4 is 14.8 Å². The molecule has 0 radical (unpaired) electrons. The molecular weight excluding hydrogens is 405 g/mol. The largest absolute Gasteiger partial charge is 0.456 e. The number of halogens is 2. The lowest BCUT2D eigenvalue weighted by Crippen LogP contribution is -2.31. The van der Waals surface area contributed by atoms with Crippen molar-refractivity contribution in [2.45, 2.75) is 25.8 Å². The first-order valence-electron chi connectivity index (χ1n) is 8.71. The third-order valence-corrected chi connectivity index (χ3v) is 4.98. The Hall–Kier alpha value is -2.44. The first-order valence-corrected chi connectivity index (χ1v) is 9.46. The van der Waals surface area contributed by atoms with E-state index in [2.05, 4.69) is 5.32 Å². The van der Waals surface area contributed by atoms with E-state index in [-0.39, 0.29) is 25.9 Å². The van der Waals surface area contributed by atoms with Gasteiger partial charge in [-0.05, 0) is 48.7 Å². The quantitative estimate of drug-likeness (QED) is 0.679. The number of esters is 1. The first-order chi connectivity index (χ1) is 13.4. The molecule has 1 unspecified atom stereocenters. The van der Waals surface area contributed by atoms with E-state index >= 15 is 0 Å². The molecule has 1 aliphatic heterocycles. The Bertz CT molecular complexity index is 887. The van der Waals surface area contributed by atoms with E-state index in [0.29, 0.717) is 28.0 Å². The molecule has 0 fully saturated rings. The monoisotopic (exact) mass is 423 g/mol. The number of hydrogen-bond acceptors (Lipinski definition) is 5. The van der Waals surface area contributed by atoms with Gasteiger partial charge < -0.3 is 19.5 Å². The molecule has 0 spiro atoms. The molecule has 1 atom stereocenters. The predicted octanol–water partition coefficient (Wildman–Crippen LogP) is 4.08. The van der Waals surface area contributed by atoms with Crippen molar-refractivity contribution in [3.05, 3.63) is 57.6 Å². The Morgan fingerprint density at radius 2 is 1.89 bits per heavy atom. The van der Waals surface area contributed by atoms with Crippen molar-refractivity contribution in [1.29, 1.82) is 0 Å². The molecule has 0 aliphatic carbocycles. The summed E-state index contributed by atoms with van der Waals surface area (Å²) in [4.78, 5) is 23.9. The zero-order valence-corrected chi connectivity index (χ0v) is 16.7. The molecule has 0 bridgehead atoms. The predicted molar refractivity (Wildman–Crippen MR) is 105 cm³/mol. The maximum Gasteiger partial charge on any atom is 0.306 e. The Balaban J connectivity index is 1.41. The van der Waals surface area contributed by atoms with Crippen LogP contribution in [0.5, 0.6) is 11.5 Å². The lowest BCUT2D eigenvalue weighted by atomic mass is 10.1. The van der Waals surface area contributed by atoms with Crippen LogP contribution in [0.1, 0.15) is 30.5 Å². The second-order valence-electron chi connectivity index (χ2n) is 6.31. The summed E-state index contributed by atoms with van der Waals surface area (Å²) in [6, 6.07) is 10.3. The highest BCUT2D eigenvalue weighted by Crippen LogP contribution is 2.32. The van der Waals surface area contributed by atoms with Gasteiger partial charge in [-0.1, -0.05) is 35.3 Å². The van der Waals surface area contributed by atoms with Gasteiger partial charge in [-0.3, -0.25) is 9.59 Å². The highest BCUT2D eigenvalue weighted by atomic mass is 35.5. The topological polar surface area (TPSA) is 73.9 Å². The average Bonchev–Trinajstić information content (AvgIpc) is 3.14. The maximum absolute atomic E-state index is 12.0. The van der Waals surface area contributed by atoms with Crippen LogP contribution in [0.3, 0.4) is 0 Å². The Kier molecular flexibility index (Phi) is 6.65. The molecule has 0 saturated carbocycles. The lowest BCUT2D eigenvalue weighted by molar-refractivity contribution is -0.148. The highest BCUT2D eigenvalue weighted by molar-refractivity contribution is 6.42. The second-order valence-corrected chi connectivity index (χ2v) is 7.13. The Labute approximate surface area is 172 Å². The van der Waals surface area contributed by atoms with E-state index in [1.165, 1.54) is 0 Å². The van der Waals surface area contributed by atoms with Gasteiger partial charge in [-0.15, -0.1) is 0 Å². The van der Waals surface area contributed by atoms with Gasteiger partial charge in [-0.25, -0.2) is 0 Å². The summed E-state index contributed by atoms with van der Waals surface area (Å²) in [6.07, 6.45) is 0.645. The molecule has 0 saturated heterocycles. The molecule has 1 N–H and O–H groups in total. The van der Waals surface area contributed by atoms with Crippen LogP contribution in [0.15, 0.2) is 36.4 Å². The van der Waals surface area contributed by atoms with E-state index in [9.17, 15) is 9.59 Å². The van der Waals surface area contributed by atoms with E-state index in [0.717, 1.165) is 11.1 Å². The number of benzene rings is 2. The maximum atomic E-state index is 12.0. The fraction of sp³-hybridized carbons (Fsp3) is 0.300. The third kappa shape index (κ3) is 5.30. The van der Waals surface area contributed by atoms with Crippen LogP contribution in [-0.4, -0.2) is 25.3 Å². The second kappa shape index (κ2) is 9.17. The van der Waals surface area contributed by atoms with E-state index in [4.69, 9.17) is 37.4 Å². The van der Waals surface area contributed by atoms with Crippen molar-refractivity contribution in [2.75, 3.05) is 13.4 Å². The average molecular weight is 424 g/mol. The summed E-state index contributed by atoms with van der Waals surface area (Å²) in [6.45, 7) is 1.67. The minimum Gasteiger partial charge on any atom is -0.456 e. The summed E-state index contributed by atoms with van der Waals surface area (Å²) in [5.41, 5.74) is 1.73. The van der Waals surface area contributed by atoms with E-state index < -0.39 is 11.9 Å². The summed E-state index contributed by atoms with van der Waals surface area (Å²) in [5.74, 6) is 0.519. The van der Waals surface area contributed by atoms with Crippen LogP contribution in [0.25, 0.3) is 0 Å². The van der Waals surface area contributed by atoms with Gasteiger partial charge in [0.1, 0.15) is 0 Å². The smallest absolute Gasteiger partial charge is 0.306 e. The number of fused-ring (bicyclic) bond motifs is 1. The molecule has 148 valence electrons. The molecule has 2 aromatic rings. The number of rotatable bonds is 7. The van der Waals surface area contributed by atoms with Gasteiger partial charge in [0, 0.05) is 6.42 Å². The van der Waals surface area contributed by atoms with Crippen LogP contribution in [0.4, 0.5) is 0 Å². The molecule has 28 heavy (non-hydrogen) atoms. The fourth-order valence-electron chi connectivity index (χ4n) is 2.71. The Morgan fingerprint density at radius 1 is 1.11 bits per heavy atom. The van der Waals surface area contributed by atoms with Gasteiger partial charge in [0.15, 0.2) is 18.1 Å². The molecular formula is C20H19Cl2NO5. The number of carbonyl (C=O) groups is 2. The first kappa shape index (κ1) is 20.3. The SMILES string of the molecule is CC(NC(=O)COC(=O)CCc1ccc2c(c1)OCO2)c1ccc(Cl)c(Cl)c1. The molecule has 1 aliphatic rings. The van der Waals surface area contributed by atoms with Gasteiger partial charge in [-0.2, -0.15) is 0 Å². The van der Waals surface area contributed by atoms with Crippen LogP contribution in [0, 0.1) is 0 Å². The fourth-order valence-corrected chi connectivity index (χ4v) is 3.02. The number of amides is 1. The normalized spacial score (nSPS) is 13.1. The highest BCUT2D eigenvalue weighted by Gasteiger charge is 2.15. The summed E-state index contributed by atoms with van der Waals surface area (Å²) in [7, 11) is 0. The lowest BCUT2D eigenvalue weighted by Gasteiger charge is -2.15. The van der Waals surface area contributed by atoms with Crippen LogP contribution >= 0.6 is 23.2 Å². The number of nitrogens with one attached hydrogen (secondary N) is 1. The van der Waals surface area contributed by atoms with Crippen LogP contribution in [-0.2, 0) is 20.7 Å². The Morgan fingerprint density at radius 3 is 2.68 bits per heavy atom. The van der Waals surface area contributed by atoms with Crippen molar-refractivity contribution in [1.82, 2.24) is 5.32 Å². The zero-order valence-electron chi connectivity index (χ0n) is 15.2. The minimum absolute atomic E-state index is 0.162. The van der Waals surface area contributed by atoms with Crippen molar-refractivity contribution in [3.63, 3.8) is 0 Å². The van der Waals surface area contributed by atoms with Crippen LogP contribution in [0.2, 0.25) is 10.0 Å². The van der Waals surface area contributed by atoms with E-state index in [1.807, 2.05) is 12.1 Å². The van der Waals surface area contributed by atoms with Gasteiger partial charge >= 0.3 is 5.97 Å². The number of carbonyl (C=O) groups excluding carboxylic acids is 2. The number of hydrogen-bond donors (Lipinski definition) is 1. The third-order valence-electron chi connectivity index (χ3n) is 4.24. The molecule has 8 heteroatoms. The standard InChI is InChI=1S/C20H19Cl2NO5/c1-12(14-4-5-15(21)16(22)9-14)23-19(24)10-26-20(25)7-3-13-2-6-17-18(8-13)28-11-27-17/h2,4-6,8-9,12H,3,7,10-11H2,1H3,(H,23,24). The van der Waals surface area contributed by atoms with Gasteiger partial charge in [0.05, 0.1) is 16.1 Å². The number of aryl methyl sites for hydroxylation is 1. The van der Waals surface area contributed by atoms with Crippen molar-refractivity contribution in [2.24, 2.45) is 0 Å². The number of ether oxygens (including phenoxy) is 3. The molecule has 1 amide bonds. The van der Waals surface area contributed by atoms with E-state index in [1.54, 1.807) is 31.2 Å². The van der Waals surface area contributed by atoms with Crippen molar-refractivity contribution in [3.8, 4) is 11.5 Å². The molecule has 1 heterocycles. The van der Waals surface area contributed by atoms with Gasteiger partial charge in [0.25, 0.3) is 5.91 Å². The van der Waals surface area contributed by atoms with Gasteiger partial charge in [0.2, 0.25) is 6.79 Å². The van der Waals surface area contributed by atoms with Crippen molar-refractivity contribution < 1.29 is 23.8 Å². The summed E-state index contributed by atoms with van der Waals surface area (Å²) >= 11 is 11.9. The summed E-state index contributed by atoms with van der Waals surface area (Å²) < 4.78 is 15.6. The summed E-state index contributed by atoms with van der Waals surface area (Å²) in [5, 5.41) is 3.61. The molecule has 6 nitrogen and oxygen atoms in total. The van der Waals surface area contributed by atoms with Crippen molar-refractivity contribution >= 4 is 35.1 Å².